The molecule has 1 rings (SSSR count). The van der Waals surface area contributed by atoms with Crippen LogP contribution in [0.3, 0.4) is 0 Å². The van der Waals surface area contributed by atoms with Crippen LogP contribution in [-0.4, -0.2) is 30.6 Å². The van der Waals surface area contributed by atoms with Gasteiger partial charge in [-0.1, -0.05) is 32.1 Å². The molecule has 0 spiro atoms. The molecule has 0 aliphatic heterocycles. The lowest BCUT2D eigenvalue weighted by Crippen LogP contribution is -2.36. The summed E-state index contributed by atoms with van der Waals surface area (Å²) in [5.74, 6) is 1.00. The van der Waals surface area contributed by atoms with Crippen molar-refractivity contribution in [3.8, 4) is 0 Å². The summed E-state index contributed by atoms with van der Waals surface area (Å²) in [6.07, 6.45) is 9.81. The third-order valence-electron chi connectivity index (χ3n) is 3.78. The SMILES string of the molecule is CN(CCC1CCCCC1)CCC(C)(C)N. The van der Waals surface area contributed by atoms with E-state index in [1.807, 2.05) is 0 Å². The molecular weight excluding hydrogens is 196 g/mol. The molecule has 0 radical (unpaired) electrons. The highest BCUT2D eigenvalue weighted by Gasteiger charge is 2.15. The topological polar surface area (TPSA) is 29.3 Å². The molecule has 0 heterocycles. The van der Waals surface area contributed by atoms with Gasteiger partial charge in [-0.2, -0.15) is 0 Å². The van der Waals surface area contributed by atoms with E-state index in [9.17, 15) is 0 Å². The van der Waals surface area contributed by atoms with Crippen molar-refractivity contribution >= 4 is 0 Å². The number of rotatable bonds is 6. The van der Waals surface area contributed by atoms with Crippen LogP contribution in [-0.2, 0) is 0 Å². The van der Waals surface area contributed by atoms with Crippen molar-refractivity contribution < 1.29 is 0 Å². The molecule has 1 saturated carbocycles. The van der Waals surface area contributed by atoms with Crippen LogP contribution in [0.15, 0.2) is 0 Å². The molecule has 0 aromatic carbocycles. The molecule has 0 amide bonds. The Kier molecular flexibility index (Phi) is 5.77. The summed E-state index contributed by atoms with van der Waals surface area (Å²) >= 11 is 0. The highest BCUT2D eigenvalue weighted by molar-refractivity contribution is 4.74. The zero-order valence-electron chi connectivity index (χ0n) is 11.5. The summed E-state index contributed by atoms with van der Waals surface area (Å²) in [5, 5.41) is 0. The fourth-order valence-corrected chi connectivity index (χ4v) is 2.47. The van der Waals surface area contributed by atoms with Crippen LogP contribution in [0.2, 0.25) is 0 Å². The molecule has 16 heavy (non-hydrogen) atoms. The maximum absolute atomic E-state index is 6.00. The van der Waals surface area contributed by atoms with E-state index in [1.165, 1.54) is 45.1 Å². The van der Waals surface area contributed by atoms with E-state index in [0.29, 0.717) is 0 Å². The normalized spacial score (nSPS) is 19.3. The van der Waals surface area contributed by atoms with Crippen LogP contribution in [0.25, 0.3) is 0 Å². The van der Waals surface area contributed by atoms with Gasteiger partial charge in [-0.3, -0.25) is 0 Å². The van der Waals surface area contributed by atoms with Crippen molar-refractivity contribution in [2.75, 3.05) is 20.1 Å². The van der Waals surface area contributed by atoms with Gasteiger partial charge in [0.1, 0.15) is 0 Å². The smallest absolute Gasteiger partial charge is 0.0109 e. The van der Waals surface area contributed by atoms with E-state index in [4.69, 9.17) is 5.73 Å². The van der Waals surface area contributed by atoms with E-state index in [0.717, 1.165) is 18.9 Å². The van der Waals surface area contributed by atoms with Crippen molar-refractivity contribution in [1.29, 1.82) is 0 Å². The monoisotopic (exact) mass is 226 g/mol. The van der Waals surface area contributed by atoms with Crippen molar-refractivity contribution in [3.63, 3.8) is 0 Å². The molecule has 0 bridgehead atoms. The third-order valence-corrected chi connectivity index (χ3v) is 3.78. The second-order valence-electron chi connectivity index (χ2n) is 6.33. The van der Waals surface area contributed by atoms with E-state index in [1.54, 1.807) is 0 Å². The lowest BCUT2D eigenvalue weighted by molar-refractivity contribution is 0.249. The molecule has 0 aromatic heterocycles. The summed E-state index contributed by atoms with van der Waals surface area (Å²) in [6, 6.07) is 0. The number of nitrogens with two attached hydrogens (primary N) is 1. The van der Waals surface area contributed by atoms with Gasteiger partial charge in [0.2, 0.25) is 0 Å². The largest absolute Gasteiger partial charge is 0.326 e. The number of hydrogen-bond acceptors (Lipinski definition) is 2. The van der Waals surface area contributed by atoms with Gasteiger partial charge in [-0.15, -0.1) is 0 Å². The zero-order valence-corrected chi connectivity index (χ0v) is 11.5. The summed E-state index contributed by atoms with van der Waals surface area (Å²) in [7, 11) is 2.23. The average molecular weight is 226 g/mol. The molecule has 0 unspecified atom stereocenters. The van der Waals surface area contributed by atoms with Crippen LogP contribution in [0.4, 0.5) is 0 Å². The first-order chi connectivity index (χ1) is 7.47. The average Bonchev–Trinajstić information content (AvgIpc) is 2.24. The Bertz CT molecular complexity index is 178. The quantitative estimate of drug-likeness (QED) is 0.754. The Balaban J connectivity index is 2.07. The molecule has 2 nitrogen and oxygen atoms in total. The Morgan fingerprint density at radius 2 is 1.75 bits per heavy atom. The second-order valence-corrected chi connectivity index (χ2v) is 6.33. The molecule has 1 aliphatic rings. The molecule has 2 N–H and O–H groups in total. The molecular formula is C14H30N2. The minimum atomic E-state index is -0.0148. The van der Waals surface area contributed by atoms with Crippen LogP contribution in [0, 0.1) is 5.92 Å². The van der Waals surface area contributed by atoms with Gasteiger partial charge >= 0.3 is 0 Å². The molecule has 0 aromatic rings. The van der Waals surface area contributed by atoms with Crippen LogP contribution in [0.5, 0.6) is 0 Å². The Labute approximate surface area is 102 Å². The predicted molar refractivity (Wildman–Crippen MR) is 71.6 cm³/mol. The standard InChI is InChI=1S/C14H30N2/c1-14(2,15)10-12-16(3)11-9-13-7-5-4-6-8-13/h13H,4-12,15H2,1-3H3. The zero-order chi connectivity index (χ0) is 12.0. The van der Waals surface area contributed by atoms with E-state index in [2.05, 4.69) is 25.8 Å². The van der Waals surface area contributed by atoms with Crippen molar-refractivity contribution in [1.82, 2.24) is 4.90 Å². The number of hydrogen-bond donors (Lipinski definition) is 1. The molecule has 1 aliphatic carbocycles. The first-order valence-electron chi connectivity index (χ1n) is 6.95. The van der Waals surface area contributed by atoms with E-state index >= 15 is 0 Å². The lowest BCUT2D eigenvalue weighted by Gasteiger charge is -2.26. The maximum atomic E-state index is 6.00. The van der Waals surface area contributed by atoms with Gasteiger partial charge < -0.3 is 10.6 Å². The van der Waals surface area contributed by atoms with Gasteiger partial charge in [-0.25, -0.2) is 0 Å². The molecule has 0 atom stereocenters. The van der Waals surface area contributed by atoms with Crippen LogP contribution < -0.4 is 5.73 Å². The van der Waals surface area contributed by atoms with Crippen molar-refractivity contribution in [2.24, 2.45) is 11.7 Å². The first-order valence-corrected chi connectivity index (χ1v) is 6.95. The van der Waals surface area contributed by atoms with Gasteiger partial charge in [0.25, 0.3) is 0 Å². The summed E-state index contributed by atoms with van der Waals surface area (Å²) in [5.41, 5.74) is 5.98. The van der Waals surface area contributed by atoms with Crippen LogP contribution >= 0.6 is 0 Å². The molecule has 2 heteroatoms. The summed E-state index contributed by atoms with van der Waals surface area (Å²) < 4.78 is 0. The van der Waals surface area contributed by atoms with Gasteiger partial charge in [0.15, 0.2) is 0 Å². The lowest BCUT2D eigenvalue weighted by atomic mass is 9.87. The Morgan fingerprint density at radius 3 is 2.31 bits per heavy atom. The third kappa shape index (κ3) is 6.49. The highest BCUT2D eigenvalue weighted by atomic mass is 15.1. The van der Waals surface area contributed by atoms with Gasteiger partial charge in [0.05, 0.1) is 0 Å². The van der Waals surface area contributed by atoms with Crippen molar-refractivity contribution in [3.05, 3.63) is 0 Å². The fraction of sp³-hybridized carbons (Fsp3) is 1.00. The predicted octanol–water partition coefficient (Wildman–Crippen LogP) is 3.02. The van der Waals surface area contributed by atoms with E-state index < -0.39 is 0 Å². The van der Waals surface area contributed by atoms with Gasteiger partial charge in [-0.05, 0) is 52.7 Å². The Hall–Kier alpha value is -0.0800. The molecule has 1 fully saturated rings. The summed E-state index contributed by atoms with van der Waals surface area (Å²) in [6.45, 7) is 6.61. The summed E-state index contributed by atoms with van der Waals surface area (Å²) in [4.78, 5) is 2.45. The number of nitrogens with zero attached hydrogens (tertiary/aromatic N) is 1. The first kappa shape index (κ1) is 14.0. The molecule has 96 valence electrons. The minimum Gasteiger partial charge on any atom is -0.326 e. The minimum absolute atomic E-state index is 0.0148. The van der Waals surface area contributed by atoms with Gasteiger partial charge in [0, 0.05) is 5.54 Å². The highest BCUT2D eigenvalue weighted by Crippen LogP contribution is 2.26. The van der Waals surface area contributed by atoms with E-state index in [-0.39, 0.29) is 5.54 Å². The fourth-order valence-electron chi connectivity index (χ4n) is 2.47. The molecule has 0 saturated heterocycles. The second kappa shape index (κ2) is 6.61. The van der Waals surface area contributed by atoms with Crippen molar-refractivity contribution in [2.45, 2.75) is 64.3 Å². The van der Waals surface area contributed by atoms with Crippen LogP contribution in [0.1, 0.15) is 58.8 Å². The Morgan fingerprint density at radius 1 is 1.12 bits per heavy atom. The maximum Gasteiger partial charge on any atom is 0.0109 e.